The first kappa shape index (κ1) is 19.0. The highest BCUT2D eigenvalue weighted by molar-refractivity contribution is 6.30. The molecule has 29 heavy (non-hydrogen) atoms. The first-order chi connectivity index (χ1) is 14.2. The molecule has 2 atom stereocenters. The van der Waals surface area contributed by atoms with E-state index in [2.05, 4.69) is 19.4 Å². The van der Waals surface area contributed by atoms with Crippen LogP contribution in [-0.2, 0) is 19.6 Å². The van der Waals surface area contributed by atoms with Crippen molar-refractivity contribution >= 4 is 22.6 Å². The standard InChI is InChI=1S/C22H24ClFN4O/c23-15-6-4-14(5-7-15)19(29)13-28-17-8-10-27-9-2-1-3-16(27)21(17)22-18(28)12-25-20(11-24)26-22/h4-7,12,16,19,29H,1-3,8-11,13H2. The Bertz CT molecular complexity index is 1040. The molecule has 0 spiro atoms. The van der Waals surface area contributed by atoms with Gasteiger partial charge in [0.05, 0.1) is 29.9 Å². The van der Waals surface area contributed by atoms with Gasteiger partial charge in [-0.15, -0.1) is 0 Å². The number of rotatable bonds is 4. The third kappa shape index (κ3) is 3.33. The molecule has 2 unspecified atom stereocenters. The number of aliphatic hydroxyl groups excluding tert-OH is 1. The van der Waals surface area contributed by atoms with Crippen LogP contribution >= 0.6 is 11.6 Å². The lowest BCUT2D eigenvalue weighted by atomic mass is 9.90. The summed E-state index contributed by atoms with van der Waals surface area (Å²) in [5.41, 5.74) is 4.98. The lowest BCUT2D eigenvalue weighted by Crippen LogP contribution is -2.39. The van der Waals surface area contributed by atoms with Gasteiger partial charge in [0.2, 0.25) is 0 Å². The Hall–Kier alpha value is -2.02. The van der Waals surface area contributed by atoms with E-state index < -0.39 is 12.8 Å². The Morgan fingerprint density at radius 3 is 2.83 bits per heavy atom. The molecule has 5 nitrogen and oxygen atoms in total. The molecule has 2 aliphatic rings. The SMILES string of the molecule is OC(Cn1c2c(c3nc(CF)ncc31)C1CCCCN1CC2)c1ccc(Cl)cc1. The van der Waals surface area contributed by atoms with Gasteiger partial charge in [0.15, 0.2) is 5.82 Å². The average Bonchev–Trinajstić information content (AvgIpc) is 3.07. The van der Waals surface area contributed by atoms with E-state index >= 15 is 0 Å². The van der Waals surface area contributed by atoms with Gasteiger partial charge in [-0.2, -0.15) is 0 Å². The summed E-state index contributed by atoms with van der Waals surface area (Å²) in [6.07, 6.45) is 5.47. The Kier molecular flexibility index (Phi) is 5.02. The van der Waals surface area contributed by atoms with E-state index in [0.717, 1.165) is 42.5 Å². The topological polar surface area (TPSA) is 54.2 Å². The molecular weight excluding hydrogens is 391 g/mol. The Morgan fingerprint density at radius 1 is 1.21 bits per heavy atom. The Labute approximate surface area is 174 Å². The van der Waals surface area contributed by atoms with Crippen molar-refractivity contribution in [3.63, 3.8) is 0 Å². The minimum absolute atomic E-state index is 0.226. The van der Waals surface area contributed by atoms with Crippen LogP contribution in [0.25, 0.3) is 11.0 Å². The average molecular weight is 415 g/mol. The third-order valence-corrected chi connectivity index (χ3v) is 6.57. The van der Waals surface area contributed by atoms with Crippen molar-refractivity contribution in [3.05, 3.63) is 58.1 Å². The van der Waals surface area contributed by atoms with Gasteiger partial charge in [-0.3, -0.25) is 4.90 Å². The van der Waals surface area contributed by atoms with Crippen molar-refractivity contribution in [2.75, 3.05) is 13.1 Å². The quantitative estimate of drug-likeness (QED) is 0.688. The van der Waals surface area contributed by atoms with Crippen molar-refractivity contribution < 1.29 is 9.50 Å². The van der Waals surface area contributed by atoms with Crippen LogP contribution in [-0.4, -0.2) is 37.6 Å². The number of hydrogen-bond acceptors (Lipinski definition) is 4. The van der Waals surface area contributed by atoms with Gasteiger partial charge in [0, 0.05) is 35.3 Å². The summed E-state index contributed by atoms with van der Waals surface area (Å²) in [5.74, 6) is 0.226. The third-order valence-electron chi connectivity index (χ3n) is 6.31. The van der Waals surface area contributed by atoms with Crippen LogP contribution in [0.4, 0.5) is 4.39 Å². The predicted octanol–water partition coefficient (Wildman–Crippen LogP) is 4.37. The highest BCUT2D eigenvalue weighted by atomic mass is 35.5. The summed E-state index contributed by atoms with van der Waals surface area (Å²) < 4.78 is 15.4. The molecule has 0 radical (unpaired) electrons. The largest absolute Gasteiger partial charge is 0.387 e. The van der Waals surface area contributed by atoms with E-state index in [9.17, 15) is 9.50 Å². The minimum Gasteiger partial charge on any atom is -0.387 e. The molecule has 2 aromatic heterocycles. The summed E-state index contributed by atoms with van der Waals surface area (Å²) >= 11 is 5.99. The molecule has 152 valence electrons. The molecule has 0 aliphatic carbocycles. The fourth-order valence-electron chi connectivity index (χ4n) is 4.93. The zero-order valence-corrected chi connectivity index (χ0v) is 16.9. The van der Waals surface area contributed by atoms with Gasteiger partial charge in [0.1, 0.15) is 6.67 Å². The monoisotopic (exact) mass is 414 g/mol. The highest BCUT2D eigenvalue weighted by Crippen LogP contribution is 2.42. The fraction of sp³-hybridized carbons (Fsp3) is 0.455. The van der Waals surface area contributed by atoms with E-state index in [4.69, 9.17) is 11.6 Å². The minimum atomic E-state index is -0.669. The maximum Gasteiger partial charge on any atom is 0.160 e. The summed E-state index contributed by atoms with van der Waals surface area (Å²) in [5, 5.41) is 11.5. The summed E-state index contributed by atoms with van der Waals surface area (Å²) in [4.78, 5) is 11.3. The first-order valence-electron chi connectivity index (χ1n) is 10.3. The predicted molar refractivity (Wildman–Crippen MR) is 111 cm³/mol. The van der Waals surface area contributed by atoms with Gasteiger partial charge in [0.25, 0.3) is 0 Å². The number of nitrogens with zero attached hydrogens (tertiary/aromatic N) is 4. The second kappa shape index (κ2) is 7.67. The highest BCUT2D eigenvalue weighted by Gasteiger charge is 2.35. The number of piperidine rings is 1. The molecule has 3 aromatic rings. The van der Waals surface area contributed by atoms with Crippen molar-refractivity contribution in [1.29, 1.82) is 0 Å². The number of fused-ring (bicyclic) bond motifs is 5. The van der Waals surface area contributed by atoms with Gasteiger partial charge < -0.3 is 9.67 Å². The van der Waals surface area contributed by atoms with Gasteiger partial charge in [-0.05, 0) is 37.1 Å². The molecule has 7 heteroatoms. The molecule has 1 aromatic carbocycles. The maximum atomic E-state index is 13.3. The summed E-state index contributed by atoms with van der Waals surface area (Å²) in [6.45, 7) is 1.86. The Balaban J connectivity index is 1.61. The van der Waals surface area contributed by atoms with Crippen LogP contribution in [0, 0.1) is 0 Å². The van der Waals surface area contributed by atoms with Crippen molar-refractivity contribution in [3.8, 4) is 0 Å². The molecule has 1 saturated heterocycles. The number of halogens is 2. The lowest BCUT2D eigenvalue weighted by Gasteiger charge is -2.39. The zero-order chi connectivity index (χ0) is 20.0. The number of benzene rings is 1. The van der Waals surface area contributed by atoms with E-state index in [0.29, 0.717) is 17.6 Å². The number of aromatic nitrogens is 3. The molecule has 0 saturated carbocycles. The molecule has 1 fully saturated rings. The summed E-state index contributed by atoms with van der Waals surface area (Å²) in [7, 11) is 0. The molecule has 5 rings (SSSR count). The van der Waals surface area contributed by atoms with Crippen LogP contribution in [0.3, 0.4) is 0 Å². The first-order valence-corrected chi connectivity index (χ1v) is 10.6. The van der Waals surface area contributed by atoms with Crippen LogP contribution in [0.1, 0.15) is 54.1 Å². The van der Waals surface area contributed by atoms with Gasteiger partial charge in [-0.1, -0.05) is 30.2 Å². The zero-order valence-electron chi connectivity index (χ0n) is 16.2. The van der Waals surface area contributed by atoms with Crippen LogP contribution < -0.4 is 0 Å². The molecule has 2 aliphatic heterocycles. The maximum absolute atomic E-state index is 13.3. The second-order valence-corrected chi connectivity index (χ2v) is 8.43. The van der Waals surface area contributed by atoms with E-state index in [1.165, 1.54) is 24.1 Å². The van der Waals surface area contributed by atoms with Gasteiger partial charge >= 0.3 is 0 Å². The van der Waals surface area contributed by atoms with Crippen molar-refractivity contribution in [2.24, 2.45) is 0 Å². The fourth-order valence-corrected chi connectivity index (χ4v) is 5.05. The molecule has 1 N–H and O–H groups in total. The molecular formula is C22H24ClFN4O. The van der Waals surface area contributed by atoms with Crippen LogP contribution in [0.15, 0.2) is 30.5 Å². The normalized spacial score (nSPS) is 20.4. The smallest absolute Gasteiger partial charge is 0.160 e. The van der Waals surface area contributed by atoms with Gasteiger partial charge in [-0.25, -0.2) is 14.4 Å². The van der Waals surface area contributed by atoms with Crippen molar-refractivity contribution in [1.82, 2.24) is 19.4 Å². The van der Waals surface area contributed by atoms with E-state index in [-0.39, 0.29) is 5.82 Å². The number of aliphatic hydroxyl groups is 1. The van der Waals surface area contributed by atoms with Crippen molar-refractivity contribution in [2.45, 2.75) is 51.0 Å². The summed E-state index contributed by atoms with van der Waals surface area (Å²) in [6, 6.07) is 7.61. The van der Waals surface area contributed by atoms with Crippen LogP contribution in [0.2, 0.25) is 5.02 Å². The molecule has 4 heterocycles. The molecule has 0 amide bonds. The van der Waals surface area contributed by atoms with E-state index in [1.54, 1.807) is 18.3 Å². The Morgan fingerprint density at radius 2 is 2.03 bits per heavy atom. The van der Waals surface area contributed by atoms with Crippen LogP contribution in [0.5, 0.6) is 0 Å². The second-order valence-electron chi connectivity index (χ2n) is 7.99. The van der Waals surface area contributed by atoms with E-state index in [1.807, 2.05) is 12.1 Å². The molecule has 0 bridgehead atoms. The number of alkyl halides is 1. The lowest BCUT2D eigenvalue weighted by molar-refractivity contribution is 0.133. The number of hydrogen-bond donors (Lipinski definition) is 1.